The predicted octanol–water partition coefficient (Wildman–Crippen LogP) is 2.58. The molecule has 0 aliphatic heterocycles. The van der Waals surface area contributed by atoms with Gasteiger partial charge in [0.2, 0.25) is 0 Å². The van der Waals surface area contributed by atoms with E-state index in [1.54, 1.807) is 0 Å². The molecule has 0 atom stereocenters. The van der Waals surface area contributed by atoms with Crippen molar-refractivity contribution in [2.45, 2.75) is 33.4 Å². The van der Waals surface area contributed by atoms with Gasteiger partial charge in [0.15, 0.2) is 9.84 Å². The first-order chi connectivity index (χ1) is 10.1. The third-order valence-electron chi connectivity index (χ3n) is 3.59. The highest BCUT2D eigenvalue weighted by atomic mass is 32.2. The number of aryl methyl sites for hydroxylation is 1. The van der Waals surface area contributed by atoms with E-state index in [9.17, 15) is 8.42 Å². The van der Waals surface area contributed by atoms with Gasteiger partial charge in [-0.05, 0) is 24.6 Å². The number of nitrogens with zero attached hydrogens (tertiary/aromatic N) is 1. The minimum atomic E-state index is -2.94. The maximum atomic E-state index is 11.9. The van der Waals surface area contributed by atoms with Crippen LogP contribution < -0.4 is 5.32 Å². The highest BCUT2D eigenvalue weighted by molar-refractivity contribution is 7.91. The van der Waals surface area contributed by atoms with Crippen LogP contribution in [0, 0.1) is 0 Å². The molecule has 1 N–H and O–H groups in total. The molecular formula is C16H24N2O2S. The van der Waals surface area contributed by atoms with Crippen LogP contribution in [0.3, 0.4) is 0 Å². The van der Waals surface area contributed by atoms with E-state index in [1.165, 1.54) is 10.9 Å². The Morgan fingerprint density at radius 1 is 1.14 bits per heavy atom. The van der Waals surface area contributed by atoms with Gasteiger partial charge in [-0.25, -0.2) is 8.42 Å². The van der Waals surface area contributed by atoms with Crippen LogP contribution in [-0.2, 0) is 22.9 Å². The Balaban J connectivity index is 2.23. The number of rotatable bonds is 8. The number of hydrogen-bond donors (Lipinski definition) is 1. The maximum Gasteiger partial charge on any atom is 0.152 e. The molecule has 0 saturated heterocycles. The van der Waals surface area contributed by atoms with E-state index in [0.29, 0.717) is 13.0 Å². The molecule has 0 amide bonds. The van der Waals surface area contributed by atoms with Gasteiger partial charge in [0.1, 0.15) is 0 Å². The molecule has 0 unspecified atom stereocenters. The van der Waals surface area contributed by atoms with E-state index in [-0.39, 0.29) is 11.5 Å². The van der Waals surface area contributed by atoms with E-state index in [0.717, 1.165) is 18.6 Å². The van der Waals surface area contributed by atoms with Crippen molar-refractivity contribution in [3.8, 4) is 0 Å². The molecule has 0 spiro atoms. The van der Waals surface area contributed by atoms with Crippen LogP contribution in [0.2, 0.25) is 0 Å². The Labute approximate surface area is 127 Å². The second kappa shape index (κ2) is 7.09. The summed E-state index contributed by atoms with van der Waals surface area (Å²) < 4.78 is 25.9. The summed E-state index contributed by atoms with van der Waals surface area (Å²) in [7, 11) is -2.94. The fourth-order valence-corrected chi connectivity index (χ4v) is 3.86. The Hall–Kier alpha value is -1.33. The largest absolute Gasteiger partial charge is 0.346 e. The van der Waals surface area contributed by atoms with Crippen LogP contribution in [0.1, 0.15) is 25.8 Å². The first kappa shape index (κ1) is 16.0. The number of hydrogen-bond acceptors (Lipinski definition) is 3. The molecule has 0 fully saturated rings. The lowest BCUT2D eigenvalue weighted by Gasteiger charge is -2.06. The second-order valence-corrected chi connectivity index (χ2v) is 7.60. The smallest absolute Gasteiger partial charge is 0.152 e. The van der Waals surface area contributed by atoms with E-state index >= 15 is 0 Å². The van der Waals surface area contributed by atoms with Crippen molar-refractivity contribution in [2.24, 2.45) is 0 Å². The molecule has 4 nitrogen and oxygen atoms in total. The zero-order valence-corrected chi connectivity index (χ0v) is 13.6. The summed E-state index contributed by atoms with van der Waals surface area (Å²) in [6.45, 7) is 6.23. The summed E-state index contributed by atoms with van der Waals surface area (Å²) in [5.74, 6) is 0.483. The van der Waals surface area contributed by atoms with Gasteiger partial charge < -0.3 is 9.88 Å². The lowest BCUT2D eigenvalue weighted by Crippen LogP contribution is -2.15. The fraction of sp³-hybridized carbons (Fsp3) is 0.500. The van der Waals surface area contributed by atoms with Gasteiger partial charge in [-0.3, -0.25) is 0 Å². The lowest BCUT2D eigenvalue weighted by molar-refractivity contribution is 0.588. The van der Waals surface area contributed by atoms with Crippen molar-refractivity contribution >= 4 is 20.7 Å². The van der Waals surface area contributed by atoms with Gasteiger partial charge in [0, 0.05) is 35.9 Å². The highest BCUT2D eigenvalue weighted by Gasteiger charge is 2.12. The first-order valence-corrected chi connectivity index (χ1v) is 9.37. The number of fused-ring (bicyclic) bond motifs is 1. The van der Waals surface area contributed by atoms with Crippen LogP contribution >= 0.6 is 0 Å². The Morgan fingerprint density at radius 2 is 1.90 bits per heavy atom. The van der Waals surface area contributed by atoms with Crippen molar-refractivity contribution in [3.05, 3.63) is 36.0 Å². The SMILES string of the molecule is CCCS(=O)(=O)CCn1cc(CNCC)c2ccccc21. The summed E-state index contributed by atoms with van der Waals surface area (Å²) in [6, 6.07) is 8.17. The fourth-order valence-electron chi connectivity index (χ4n) is 2.56. The average Bonchev–Trinajstić information content (AvgIpc) is 2.81. The van der Waals surface area contributed by atoms with Gasteiger partial charge in [-0.1, -0.05) is 32.0 Å². The van der Waals surface area contributed by atoms with E-state index < -0.39 is 9.84 Å². The monoisotopic (exact) mass is 308 g/mol. The van der Waals surface area contributed by atoms with Crippen LogP contribution in [0.25, 0.3) is 10.9 Å². The van der Waals surface area contributed by atoms with Crippen LogP contribution in [-0.4, -0.2) is 31.0 Å². The summed E-state index contributed by atoms with van der Waals surface area (Å²) in [4.78, 5) is 0. The molecule has 1 heterocycles. The Morgan fingerprint density at radius 3 is 2.62 bits per heavy atom. The minimum Gasteiger partial charge on any atom is -0.346 e. The summed E-state index contributed by atoms with van der Waals surface area (Å²) in [5.41, 5.74) is 2.33. The molecule has 2 aromatic rings. The number of para-hydroxylation sites is 1. The number of sulfone groups is 1. The summed E-state index contributed by atoms with van der Waals surface area (Å²) in [5, 5.41) is 4.53. The molecule has 116 valence electrons. The Bertz CT molecular complexity index is 689. The first-order valence-electron chi connectivity index (χ1n) is 7.55. The van der Waals surface area contributed by atoms with Gasteiger partial charge in [0.05, 0.1) is 5.75 Å². The zero-order chi connectivity index (χ0) is 15.3. The topological polar surface area (TPSA) is 51.1 Å². The summed E-state index contributed by atoms with van der Waals surface area (Å²) >= 11 is 0. The Kier molecular flexibility index (Phi) is 5.42. The molecule has 0 aliphatic carbocycles. The summed E-state index contributed by atoms with van der Waals surface area (Å²) in [6.07, 6.45) is 2.76. The molecule has 2 rings (SSSR count). The molecule has 1 aromatic carbocycles. The lowest BCUT2D eigenvalue weighted by atomic mass is 10.2. The minimum absolute atomic E-state index is 0.208. The normalized spacial score (nSPS) is 12.1. The van der Waals surface area contributed by atoms with Gasteiger partial charge >= 0.3 is 0 Å². The molecule has 5 heteroatoms. The number of benzene rings is 1. The second-order valence-electron chi connectivity index (χ2n) is 5.30. The molecule has 0 radical (unpaired) electrons. The van der Waals surface area contributed by atoms with Gasteiger partial charge in [0.25, 0.3) is 0 Å². The van der Waals surface area contributed by atoms with Crippen LogP contribution in [0.4, 0.5) is 0 Å². The van der Waals surface area contributed by atoms with Crippen LogP contribution in [0.15, 0.2) is 30.5 Å². The van der Waals surface area contributed by atoms with Gasteiger partial charge in [-0.2, -0.15) is 0 Å². The molecule has 1 aromatic heterocycles. The third kappa shape index (κ3) is 4.08. The van der Waals surface area contributed by atoms with Crippen molar-refractivity contribution in [1.82, 2.24) is 9.88 Å². The van der Waals surface area contributed by atoms with Crippen molar-refractivity contribution in [3.63, 3.8) is 0 Å². The van der Waals surface area contributed by atoms with Crippen molar-refractivity contribution < 1.29 is 8.42 Å². The maximum absolute atomic E-state index is 11.9. The van der Waals surface area contributed by atoms with Crippen molar-refractivity contribution in [2.75, 3.05) is 18.1 Å². The van der Waals surface area contributed by atoms with E-state index in [4.69, 9.17) is 0 Å². The predicted molar refractivity (Wildman–Crippen MR) is 88.3 cm³/mol. The number of nitrogens with one attached hydrogen (secondary N) is 1. The molecule has 21 heavy (non-hydrogen) atoms. The zero-order valence-electron chi connectivity index (χ0n) is 12.8. The standard InChI is InChI=1S/C16H24N2O2S/c1-3-10-21(19,20)11-9-18-13-14(12-17-4-2)15-7-5-6-8-16(15)18/h5-8,13,17H,3-4,9-12H2,1-2H3. The molecular weight excluding hydrogens is 284 g/mol. The quantitative estimate of drug-likeness (QED) is 0.815. The number of aromatic nitrogens is 1. The molecule has 0 aliphatic rings. The van der Waals surface area contributed by atoms with Crippen molar-refractivity contribution in [1.29, 1.82) is 0 Å². The highest BCUT2D eigenvalue weighted by Crippen LogP contribution is 2.21. The van der Waals surface area contributed by atoms with E-state index in [1.807, 2.05) is 19.1 Å². The van der Waals surface area contributed by atoms with Crippen LogP contribution in [0.5, 0.6) is 0 Å². The van der Waals surface area contributed by atoms with E-state index in [2.05, 4.69) is 35.1 Å². The molecule has 0 saturated carbocycles. The third-order valence-corrected chi connectivity index (χ3v) is 5.43. The van der Waals surface area contributed by atoms with Gasteiger partial charge in [-0.15, -0.1) is 0 Å². The molecule has 0 bridgehead atoms. The average molecular weight is 308 g/mol.